The Morgan fingerprint density at radius 2 is 2.10 bits per heavy atom. The number of hydrogen-bond donors (Lipinski definition) is 2. The van der Waals surface area contributed by atoms with E-state index in [0.29, 0.717) is 39.6 Å². The molecule has 106 valence electrons. The Balaban J connectivity index is 2.33. The Morgan fingerprint density at radius 3 is 2.81 bits per heavy atom. The molecular weight excluding hydrogens is 286 g/mol. The van der Waals surface area contributed by atoms with Crippen LogP contribution in [0.1, 0.15) is 5.56 Å². The smallest absolute Gasteiger partial charge is 0.142 e. The molecule has 0 fully saturated rings. The lowest BCUT2D eigenvalue weighted by atomic mass is 10.1. The van der Waals surface area contributed by atoms with Crippen LogP contribution in [0.5, 0.6) is 5.75 Å². The Kier molecular flexibility index (Phi) is 3.45. The van der Waals surface area contributed by atoms with Crippen LogP contribution in [-0.2, 0) is 11.3 Å². The second-order valence-electron chi connectivity index (χ2n) is 4.46. The van der Waals surface area contributed by atoms with Crippen LogP contribution in [-0.4, -0.2) is 26.7 Å². The van der Waals surface area contributed by atoms with E-state index in [1.54, 1.807) is 19.2 Å². The maximum atomic E-state index is 10.9. The van der Waals surface area contributed by atoms with Gasteiger partial charge in [-0.3, -0.25) is 0 Å². The first-order valence-electron chi connectivity index (χ1n) is 6.28. The molecule has 5 nitrogen and oxygen atoms in total. The molecule has 1 aromatic heterocycles. The van der Waals surface area contributed by atoms with Crippen molar-refractivity contribution in [2.45, 2.75) is 0 Å². The quantitative estimate of drug-likeness (QED) is 0.574. The lowest BCUT2D eigenvalue weighted by Gasteiger charge is -2.11. The van der Waals surface area contributed by atoms with Crippen molar-refractivity contribution in [3.05, 3.63) is 42.0 Å². The predicted molar refractivity (Wildman–Crippen MR) is 85.8 cm³/mol. The van der Waals surface area contributed by atoms with Gasteiger partial charge in [-0.2, -0.15) is 0 Å². The van der Waals surface area contributed by atoms with Crippen molar-refractivity contribution < 1.29 is 8.95 Å². The number of nitrogens with zero attached hydrogens (tertiary/aromatic N) is 1. The average molecular weight is 299 g/mol. The molecule has 0 aliphatic rings. The fourth-order valence-corrected chi connectivity index (χ4v) is 2.63. The number of methoxy groups -OCH3 is 1. The van der Waals surface area contributed by atoms with Crippen LogP contribution in [0.25, 0.3) is 22.4 Å². The summed E-state index contributed by atoms with van der Waals surface area (Å²) in [6.07, 6.45) is 0. The number of aromatic amines is 1. The molecule has 0 bridgehead atoms. The van der Waals surface area contributed by atoms with Crippen LogP contribution in [0.15, 0.2) is 36.4 Å². The molecule has 3 aromatic rings. The van der Waals surface area contributed by atoms with Gasteiger partial charge in [0.1, 0.15) is 11.6 Å². The molecule has 0 atom stereocenters. The highest BCUT2D eigenvalue weighted by atomic mass is 32.1. The summed E-state index contributed by atoms with van der Waals surface area (Å²) in [5, 5.41) is 1.46. The van der Waals surface area contributed by atoms with Crippen LogP contribution in [0, 0.1) is 0 Å². The molecule has 6 heteroatoms. The molecule has 0 aliphatic heterocycles. The summed E-state index contributed by atoms with van der Waals surface area (Å²) in [4.78, 5) is 7.79. The highest BCUT2D eigenvalue weighted by Gasteiger charge is 2.16. The SMILES string of the molecule is COc1ccc(N)c(C=S=O)c1-c1nc2ccccc2[nH]1. The molecule has 3 rings (SSSR count). The summed E-state index contributed by atoms with van der Waals surface area (Å²) in [5.41, 5.74) is 9.56. The lowest BCUT2D eigenvalue weighted by Crippen LogP contribution is -2.00. The van der Waals surface area contributed by atoms with E-state index in [4.69, 9.17) is 10.5 Å². The number of nitrogens with two attached hydrogens (primary N) is 1. The standard InChI is InChI=1S/C15H13N3O2S/c1-20-13-7-6-10(16)9(8-21-19)14(13)15-17-11-4-2-3-5-12(11)18-15/h2-8H,16H2,1H3,(H,17,18). The number of fused-ring (bicyclic) bond motifs is 1. The number of nitrogens with one attached hydrogen (secondary N) is 1. The molecule has 0 unspecified atom stereocenters. The molecule has 0 saturated carbocycles. The third kappa shape index (κ3) is 2.30. The van der Waals surface area contributed by atoms with Gasteiger partial charge in [0.05, 0.1) is 35.0 Å². The molecule has 0 amide bonds. The maximum Gasteiger partial charge on any atom is 0.142 e. The maximum absolute atomic E-state index is 10.9. The van der Waals surface area contributed by atoms with Crippen molar-refractivity contribution in [1.29, 1.82) is 0 Å². The van der Waals surface area contributed by atoms with Crippen molar-refractivity contribution >= 4 is 33.3 Å². The molecule has 3 N–H and O–H groups in total. The lowest BCUT2D eigenvalue weighted by molar-refractivity contribution is 0.416. The van der Waals surface area contributed by atoms with Crippen molar-refractivity contribution in [1.82, 2.24) is 9.97 Å². The van der Waals surface area contributed by atoms with E-state index >= 15 is 0 Å². The van der Waals surface area contributed by atoms with Gasteiger partial charge in [-0.25, -0.2) is 9.19 Å². The Morgan fingerprint density at radius 1 is 1.29 bits per heavy atom. The number of para-hydroxylation sites is 2. The molecule has 21 heavy (non-hydrogen) atoms. The van der Waals surface area contributed by atoms with Gasteiger partial charge < -0.3 is 15.5 Å². The minimum absolute atomic E-state index is 0.352. The zero-order valence-electron chi connectivity index (χ0n) is 11.3. The van der Waals surface area contributed by atoms with Crippen LogP contribution in [0.4, 0.5) is 5.69 Å². The zero-order valence-corrected chi connectivity index (χ0v) is 12.1. The van der Waals surface area contributed by atoms with E-state index in [-0.39, 0.29) is 0 Å². The third-order valence-corrected chi connectivity index (χ3v) is 3.58. The van der Waals surface area contributed by atoms with E-state index in [2.05, 4.69) is 9.97 Å². The first kappa shape index (κ1) is 13.4. The van der Waals surface area contributed by atoms with Gasteiger partial charge >= 0.3 is 0 Å². The van der Waals surface area contributed by atoms with Gasteiger partial charge in [-0.1, -0.05) is 12.1 Å². The van der Waals surface area contributed by atoms with Gasteiger partial charge in [-0.15, -0.1) is 0 Å². The van der Waals surface area contributed by atoms with Crippen molar-refractivity contribution in [2.75, 3.05) is 12.8 Å². The summed E-state index contributed by atoms with van der Waals surface area (Å²) >= 11 is 0.352. The minimum Gasteiger partial charge on any atom is -0.496 e. The first-order chi connectivity index (χ1) is 10.2. The summed E-state index contributed by atoms with van der Waals surface area (Å²) in [6.45, 7) is 0. The van der Waals surface area contributed by atoms with Gasteiger partial charge in [-0.05, 0) is 24.3 Å². The third-order valence-electron chi connectivity index (χ3n) is 3.25. The van der Waals surface area contributed by atoms with E-state index in [1.165, 1.54) is 5.37 Å². The van der Waals surface area contributed by atoms with Crippen LogP contribution in [0.2, 0.25) is 0 Å². The second-order valence-corrected chi connectivity index (χ2v) is 4.89. The summed E-state index contributed by atoms with van der Waals surface area (Å²) in [5.74, 6) is 1.24. The number of nitrogen functional groups attached to an aromatic ring is 1. The number of rotatable bonds is 3. The number of hydrogen-bond acceptors (Lipinski definition) is 4. The van der Waals surface area contributed by atoms with E-state index in [9.17, 15) is 4.21 Å². The Labute approximate surface area is 124 Å². The van der Waals surface area contributed by atoms with Crippen molar-refractivity contribution in [3.8, 4) is 17.1 Å². The fraction of sp³-hybridized carbons (Fsp3) is 0.0667. The van der Waals surface area contributed by atoms with Gasteiger partial charge in [0.2, 0.25) is 0 Å². The monoisotopic (exact) mass is 299 g/mol. The topological polar surface area (TPSA) is 81.0 Å². The molecule has 1 heterocycles. The predicted octanol–water partition coefficient (Wildman–Crippen LogP) is 2.18. The number of imidazole rings is 1. The molecule has 0 saturated heterocycles. The Bertz CT molecular complexity index is 833. The first-order valence-corrected chi connectivity index (χ1v) is 7.08. The van der Waals surface area contributed by atoms with E-state index in [1.807, 2.05) is 24.3 Å². The van der Waals surface area contributed by atoms with Gasteiger partial charge in [0, 0.05) is 16.6 Å². The normalized spacial score (nSPS) is 10.5. The minimum atomic E-state index is 0.352. The Hall–Kier alpha value is -2.60. The van der Waals surface area contributed by atoms with Crippen molar-refractivity contribution in [2.24, 2.45) is 0 Å². The fourth-order valence-electron chi connectivity index (χ4n) is 2.28. The van der Waals surface area contributed by atoms with Crippen LogP contribution >= 0.6 is 0 Å². The summed E-state index contributed by atoms with van der Waals surface area (Å²) < 4.78 is 16.3. The van der Waals surface area contributed by atoms with E-state index < -0.39 is 0 Å². The number of aromatic nitrogens is 2. The number of benzene rings is 2. The zero-order chi connectivity index (χ0) is 14.8. The summed E-state index contributed by atoms with van der Waals surface area (Å²) in [7, 11) is 1.58. The number of anilines is 1. The average Bonchev–Trinajstić information content (AvgIpc) is 2.92. The van der Waals surface area contributed by atoms with Gasteiger partial charge in [0.25, 0.3) is 0 Å². The highest BCUT2D eigenvalue weighted by Crippen LogP contribution is 2.34. The molecular formula is C15H13N3O2S. The number of H-pyrrole nitrogens is 1. The largest absolute Gasteiger partial charge is 0.496 e. The second kappa shape index (κ2) is 5.41. The van der Waals surface area contributed by atoms with Gasteiger partial charge in [0.15, 0.2) is 0 Å². The van der Waals surface area contributed by atoms with Crippen molar-refractivity contribution in [3.63, 3.8) is 0 Å². The van der Waals surface area contributed by atoms with Crippen LogP contribution in [0.3, 0.4) is 0 Å². The molecule has 2 aromatic carbocycles. The van der Waals surface area contributed by atoms with E-state index in [0.717, 1.165) is 11.0 Å². The van der Waals surface area contributed by atoms with Crippen LogP contribution < -0.4 is 10.5 Å². The summed E-state index contributed by atoms with van der Waals surface area (Å²) in [6, 6.07) is 11.2. The highest BCUT2D eigenvalue weighted by molar-refractivity contribution is 7.65. The molecule has 0 spiro atoms. The molecule has 0 radical (unpaired) electrons. The molecule has 0 aliphatic carbocycles. The number of ether oxygens (including phenoxy) is 1.